The molecule has 296 valence electrons. The molecule has 0 amide bonds. The summed E-state index contributed by atoms with van der Waals surface area (Å²) in [4.78, 5) is 5.96. The van der Waals surface area contributed by atoms with Gasteiger partial charge in [0.25, 0.3) is 0 Å². The Balaban J connectivity index is 1.26. The van der Waals surface area contributed by atoms with Crippen LogP contribution in [-0.2, 0) is 4.74 Å². The van der Waals surface area contributed by atoms with Crippen LogP contribution >= 0.6 is 0 Å². The maximum atomic E-state index is 6.19. The third-order valence-electron chi connectivity index (χ3n) is 14.8. The minimum absolute atomic E-state index is 0.0513. The van der Waals surface area contributed by atoms with Gasteiger partial charge in [-0.3, -0.25) is 0 Å². The van der Waals surface area contributed by atoms with Crippen molar-refractivity contribution in [1.82, 2.24) is 0 Å². The summed E-state index contributed by atoms with van der Waals surface area (Å²) in [5.74, 6) is 3.66. The minimum atomic E-state index is -2.11. The van der Waals surface area contributed by atoms with E-state index in [1.54, 1.807) is 22.5 Å². The first-order chi connectivity index (χ1) is 26.3. The third kappa shape index (κ3) is 7.12. The van der Waals surface area contributed by atoms with Crippen LogP contribution in [0.25, 0.3) is 0 Å². The predicted octanol–water partition coefficient (Wildman–Crippen LogP) is 11.5. The summed E-state index contributed by atoms with van der Waals surface area (Å²) in [5.41, 5.74) is 10.9. The number of unbranched alkanes of at least 4 members (excludes halogenated alkanes) is 3. The number of ether oxygens (including phenoxy) is 1. The zero-order chi connectivity index (χ0) is 38.8. The van der Waals surface area contributed by atoms with Crippen LogP contribution in [0.5, 0.6) is 0 Å². The van der Waals surface area contributed by atoms with Crippen LogP contribution in [-0.4, -0.2) is 62.3 Å². The van der Waals surface area contributed by atoms with E-state index in [0.29, 0.717) is 47.6 Å². The molecular formula is C49H72N2OSi3. The van der Waals surface area contributed by atoms with E-state index in [9.17, 15) is 0 Å². The first kappa shape index (κ1) is 39.4. The standard InChI is InChI=1S/C49H72N2OSi3/c1-33-23-25-41-39(29-33)43-45(50(41)31-53(6)7)35-19-13-15-21-37(35)47(43)55(10,28-18-12-11-17-27-52-49(3,4)5)48-38-22-16-14-20-36(38)46-44(48)40-30-34(2)24-26-42(40)51(46)32-54(8)9/h13-16,19-26,29-30,35-38,43-48,53-54H,11-12,17-18,27-28,31-32H2,1-10H3. The Kier molecular flexibility index (Phi) is 11.1. The molecule has 3 nitrogen and oxygen atoms in total. The third-order valence-corrected chi connectivity index (χ3v) is 23.0. The molecule has 2 fully saturated rings. The van der Waals surface area contributed by atoms with Crippen molar-refractivity contribution in [2.75, 3.05) is 28.7 Å². The smallest absolute Gasteiger partial charge is 0.0598 e. The molecule has 6 heteroatoms. The number of hydrogen-bond acceptors (Lipinski definition) is 3. The highest BCUT2D eigenvalue weighted by atomic mass is 28.3. The fraction of sp³-hybridized carbons (Fsp3) is 0.592. The van der Waals surface area contributed by atoms with Crippen molar-refractivity contribution < 1.29 is 4.74 Å². The molecule has 0 radical (unpaired) electrons. The van der Waals surface area contributed by atoms with Gasteiger partial charge in [0.2, 0.25) is 0 Å². The first-order valence-electron chi connectivity index (χ1n) is 22.4. The van der Waals surface area contributed by atoms with Crippen molar-refractivity contribution in [3.63, 3.8) is 0 Å². The molecule has 10 unspecified atom stereocenters. The van der Waals surface area contributed by atoms with Crippen molar-refractivity contribution in [2.45, 2.75) is 140 Å². The Morgan fingerprint density at radius 1 is 0.618 bits per heavy atom. The van der Waals surface area contributed by atoms with E-state index in [4.69, 9.17) is 4.74 Å². The van der Waals surface area contributed by atoms with Gasteiger partial charge in [-0.2, -0.15) is 0 Å². The molecule has 2 saturated carbocycles. The summed E-state index contributed by atoms with van der Waals surface area (Å²) in [7, 11) is -3.82. The average molecular weight is 789 g/mol. The van der Waals surface area contributed by atoms with E-state index in [1.165, 1.54) is 55.2 Å². The summed E-state index contributed by atoms with van der Waals surface area (Å²) in [6, 6.07) is 17.8. The lowest BCUT2D eigenvalue weighted by atomic mass is 9.89. The molecule has 4 aliphatic carbocycles. The van der Waals surface area contributed by atoms with E-state index < -0.39 is 25.7 Å². The van der Waals surface area contributed by atoms with Gasteiger partial charge < -0.3 is 14.5 Å². The fourth-order valence-electron chi connectivity index (χ4n) is 13.2. The van der Waals surface area contributed by atoms with Crippen LogP contribution in [0.1, 0.15) is 80.5 Å². The van der Waals surface area contributed by atoms with E-state index in [1.807, 2.05) is 0 Å². The van der Waals surface area contributed by atoms with Gasteiger partial charge in [-0.15, -0.1) is 0 Å². The maximum Gasteiger partial charge on any atom is 0.0598 e. The van der Waals surface area contributed by atoms with Crippen molar-refractivity contribution in [1.29, 1.82) is 0 Å². The molecule has 2 aromatic rings. The van der Waals surface area contributed by atoms with Crippen LogP contribution in [0.2, 0.25) is 49.9 Å². The number of allylic oxidation sites excluding steroid dienone is 6. The zero-order valence-electron chi connectivity index (χ0n) is 36.0. The second-order valence-corrected chi connectivity index (χ2v) is 31.9. The van der Waals surface area contributed by atoms with Crippen molar-refractivity contribution in [3.8, 4) is 0 Å². The maximum absolute atomic E-state index is 6.19. The van der Waals surface area contributed by atoms with Gasteiger partial charge in [0, 0.05) is 66.1 Å². The Bertz CT molecular complexity index is 1720. The molecule has 2 aromatic carbocycles. The zero-order valence-corrected chi connectivity index (χ0v) is 39.3. The van der Waals surface area contributed by atoms with Gasteiger partial charge in [0.1, 0.15) is 0 Å². The average Bonchev–Trinajstić information content (AvgIpc) is 3.83. The van der Waals surface area contributed by atoms with Crippen molar-refractivity contribution in [3.05, 3.63) is 107 Å². The van der Waals surface area contributed by atoms with Gasteiger partial charge in [-0.05, 0) is 87.2 Å². The summed E-state index contributed by atoms with van der Waals surface area (Å²) in [6.07, 6.45) is 28.2. The molecule has 8 rings (SSSR count). The van der Waals surface area contributed by atoms with Gasteiger partial charge in [0.05, 0.1) is 31.3 Å². The molecule has 10 atom stereocenters. The first-order valence-corrected chi connectivity index (χ1v) is 31.5. The second-order valence-electron chi connectivity index (χ2n) is 20.8. The Hall–Kier alpha value is -2.39. The molecular weight excluding hydrogens is 717 g/mol. The highest BCUT2D eigenvalue weighted by molar-refractivity contribution is 6.82. The highest BCUT2D eigenvalue weighted by Crippen LogP contribution is 2.72. The van der Waals surface area contributed by atoms with E-state index >= 15 is 0 Å². The number of nitrogens with zero attached hydrogens (tertiary/aromatic N) is 2. The van der Waals surface area contributed by atoms with Crippen LogP contribution < -0.4 is 9.80 Å². The predicted molar refractivity (Wildman–Crippen MR) is 246 cm³/mol. The SMILES string of the molecule is Cc1ccc2c(c1)C1C(C3C=CC=CC3C1[Si](C)(CCCCCCOC(C)(C)C)C1C3C=CC=CC3C3C1c1cc(C)ccc1N3C[SiH](C)C)N2C[SiH](C)C. The molecule has 0 spiro atoms. The van der Waals surface area contributed by atoms with Gasteiger partial charge in [0.15, 0.2) is 0 Å². The lowest BCUT2D eigenvalue weighted by Crippen LogP contribution is -2.48. The summed E-state index contributed by atoms with van der Waals surface area (Å²) in [6.45, 7) is 25.4. The van der Waals surface area contributed by atoms with Crippen LogP contribution in [0.15, 0.2) is 85.0 Å². The van der Waals surface area contributed by atoms with E-state index in [2.05, 4.69) is 162 Å². The quantitative estimate of drug-likeness (QED) is 0.149. The number of anilines is 2. The number of hydrogen-bond donors (Lipinski definition) is 0. The van der Waals surface area contributed by atoms with Crippen molar-refractivity contribution in [2.24, 2.45) is 23.7 Å². The Labute approximate surface area is 339 Å². The van der Waals surface area contributed by atoms with Crippen LogP contribution in [0.3, 0.4) is 0 Å². The number of aryl methyl sites for hydroxylation is 2. The monoisotopic (exact) mass is 788 g/mol. The molecule has 0 N–H and O–H groups in total. The van der Waals surface area contributed by atoms with Crippen molar-refractivity contribution >= 4 is 37.0 Å². The number of fused-ring (bicyclic) bond motifs is 10. The van der Waals surface area contributed by atoms with Crippen LogP contribution in [0.4, 0.5) is 11.4 Å². The Morgan fingerprint density at radius 3 is 1.49 bits per heavy atom. The summed E-state index contributed by atoms with van der Waals surface area (Å²) >= 11 is 0. The van der Waals surface area contributed by atoms with E-state index in [0.717, 1.165) is 17.7 Å². The van der Waals surface area contributed by atoms with E-state index in [-0.39, 0.29) is 5.60 Å². The fourth-order valence-corrected chi connectivity index (χ4v) is 22.6. The number of benzene rings is 2. The van der Waals surface area contributed by atoms with Gasteiger partial charge in [-0.1, -0.05) is 142 Å². The molecule has 2 aliphatic heterocycles. The molecule has 6 aliphatic rings. The number of rotatable bonds is 13. The molecule has 2 heterocycles. The lowest BCUT2D eigenvalue weighted by Gasteiger charge is -2.48. The molecule has 0 bridgehead atoms. The largest absolute Gasteiger partial charge is 0.376 e. The molecule has 55 heavy (non-hydrogen) atoms. The lowest BCUT2D eigenvalue weighted by molar-refractivity contribution is -0.00471. The summed E-state index contributed by atoms with van der Waals surface area (Å²) < 4.78 is 6.19. The van der Waals surface area contributed by atoms with Gasteiger partial charge >= 0.3 is 0 Å². The molecule has 0 saturated heterocycles. The summed E-state index contributed by atoms with van der Waals surface area (Å²) in [5, 5.41) is 0. The Morgan fingerprint density at radius 2 is 1.05 bits per heavy atom. The second kappa shape index (κ2) is 15.4. The minimum Gasteiger partial charge on any atom is -0.376 e. The van der Waals surface area contributed by atoms with Crippen LogP contribution in [0, 0.1) is 37.5 Å². The molecule has 0 aromatic heterocycles. The van der Waals surface area contributed by atoms with Gasteiger partial charge in [-0.25, -0.2) is 0 Å². The highest BCUT2D eigenvalue weighted by Gasteiger charge is 2.68. The normalized spacial score (nSPS) is 32.2. The topological polar surface area (TPSA) is 15.7 Å².